The van der Waals surface area contributed by atoms with E-state index in [2.05, 4.69) is 31.3 Å². The van der Waals surface area contributed by atoms with Crippen LogP contribution >= 0.6 is 0 Å². The molecule has 150 valence electrons. The third kappa shape index (κ3) is 6.07. The van der Waals surface area contributed by atoms with E-state index in [9.17, 15) is 0 Å². The maximum absolute atomic E-state index is 9.00. The van der Waals surface area contributed by atoms with Gasteiger partial charge < -0.3 is 20.4 Å². The number of aliphatic carboxylic acids is 1. The molecule has 4 rings (SSSR count). The van der Waals surface area contributed by atoms with Gasteiger partial charge in [-0.1, -0.05) is 35.9 Å². The fraction of sp³-hybridized carbons (Fsp3) is 0.0952. The fourth-order valence-electron chi connectivity index (χ4n) is 2.49. The standard InChI is InChI=1S/C19H14N5.C2H4O2.Cu/c1-13-8-9-14-15(12-13)19(23-17-7-3-5-11-21-17)24-18(14)22-16-6-2-4-10-20-16;1-2(3)4;/h2-12H,1H3;1H3,(H,3,4);/q-1;;+1. The maximum atomic E-state index is 9.00. The van der Waals surface area contributed by atoms with Crippen LogP contribution in [0, 0.1) is 6.92 Å². The van der Waals surface area contributed by atoms with Crippen molar-refractivity contribution in [1.29, 1.82) is 0 Å². The van der Waals surface area contributed by atoms with Gasteiger partial charge in [0.15, 0.2) is 0 Å². The molecule has 0 radical (unpaired) electrons. The van der Waals surface area contributed by atoms with Crippen LogP contribution in [0.4, 0.5) is 11.6 Å². The second-order valence-corrected chi connectivity index (χ2v) is 5.93. The first-order valence-electron chi connectivity index (χ1n) is 8.55. The Hall–Kier alpha value is -3.35. The van der Waals surface area contributed by atoms with Gasteiger partial charge in [-0.15, -0.1) is 0 Å². The third-order valence-corrected chi connectivity index (χ3v) is 3.61. The number of fused-ring (bicyclic) bond motifs is 1. The van der Waals surface area contributed by atoms with Crippen molar-refractivity contribution < 1.29 is 27.0 Å². The molecule has 0 aliphatic carbocycles. The number of carboxylic acid groups (broad SMARTS) is 1. The topological polar surface area (TPSA) is 102 Å². The molecule has 0 unspecified atom stereocenters. The zero-order valence-electron chi connectivity index (χ0n) is 15.7. The van der Waals surface area contributed by atoms with Crippen molar-refractivity contribution in [2.24, 2.45) is 9.98 Å². The summed E-state index contributed by atoms with van der Waals surface area (Å²) in [5, 5.41) is 12.0. The molecule has 1 aliphatic heterocycles. The summed E-state index contributed by atoms with van der Waals surface area (Å²) in [5.74, 6) is 1.67. The first-order valence-corrected chi connectivity index (χ1v) is 8.55. The van der Waals surface area contributed by atoms with Crippen molar-refractivity contribution >= 4 is 29.3 Å². The van der Waals surface area contributed by atoms with E-state index in [1.54, 1.807) is 12.4 Å². The van der Waals surface area contributed by atoms with Gasteiger partial charge in [-0.25, -0.2) is 0 Å². The van der Waals surface area contributed by atoms with Crippen LogP contribution in [0.2, 0.25) is 0 Å². The summed E-state index contributed by atoms with van der Waals surface area (Å²) in [5.41, 5.74) is 3.08. The molecule has 1 N–H and O–H groups in total. The normalized spacial score (nSPS) is 14.3. The van der Waals surface area contributed by atoms with Crippen LogP contribution in [0.15, 0.2) is 77.0 Å². The van der Waals surface area contributed by atoms with Crippen LogP contribution in [0.1, 0.15) is 23.6 Å². The molecule has 0 fully saturated rings. The fourth-order valence-corrected chi connectivity index (χ4v) is 2.49. The molecule has 3 heterocycles. The average molecular weight is 436 g/mol. The molecular formula is C21H18CuN5O2. The van der Waals surface area contributed by atoms with Crippen LogP contribution in [-0.4, -0.2) is 32.7 Å². The predicted molar refractivity (Wildman–Crippen MR) is 109 cm³/mol. The molecule has 0 saturated heterocycles. The van der Waals surface area contributed by atoms with Gasteiger partial charge in [0.05, 0.1) is 11.6 Å². The van der Waals surface area contributed by atoms with E-state index in [1.807, 2.05) is 55.5 Å². The number of carbonyl (C=O) groups is 1. The number of aryl methyl sites for hydroxylation is 1. The van der Waals surface area contributed by atoms with Crippen molar-refractivity contribution in [3.63, 3.8) is 0 Å². The summed E-state index contributed by atoms with van der Waals surface area (Å²) < 4.78 is 0. The Kier molecular flexibility index (Phi) is 7.77. The summed E-state index contributed by atoms with van der Waals surface area (Å²) in [6.07, 6.45) is 3.43. The first kappa shape index (κ1) is 21.9. The zero-order valence-corrected chi connectivity index (χ0v) is 16.7. The number of hydrogen-bond donors (Lipinski definition) is 1. The van der Waals surface area contributed by atoms with Crippen molar-refractivity contribution in [2.45, 2.75) is 13.8 Å². The van der Waals surface area contributed by atoms with Crippen LogP contribution < -0.4 is 0 Å². The molecule has 8 heteroatoms. The van der Waals surface area contributed by atoms with Gasteiger partial charge in [-0.05, 0) is 42.3 Å². The second kappa shape index (κ2) is 10.3. The molecule has 29 heavy (non-hydrogen) atoms. The first-order chi connectivity index (χ1) is 13.5. The van der Waals surface area contributed by atoms with Crippen molar-refractivity contribution in [2.75, 3.05) is 0 Å². The third-order valence-electron chi connectivity index (χ3n) is 3.61. The van der Waals surface area contributed by atoms with E-state index < -0.39 is 5.97 Å². The molecule has 2 aromatic heterocycles. The number of aromatic nitrogens is 2. The Morgan fingerprint density at radius 1 is 0.897 bits per heavy atom. The molecule has 1 aromatic carbocycles. The quantitative estimate of drug-likeness (QED) is 0.602. The summed E-state index contributed by atoms with van der Waals surface area (Å²) in [7, 11) is 0. The van der Waals surface area contributed by atoms with Crippen molar-refractivity contribution in [3.05, 3.63) is 89.0 Å². The summed E-state index contributed by atoms with van der Waals surface area (Å²) >= 11 is 0. The van der Waals surface area contributed by atoms with Crippen LogP contribution in [-0.2, 0) is 21.9 Å². The predicted octanol–water partition coefficient (Wildman–Crippen LogP) is 4.42. The van der Waals surface area contributed by atoms with Gasteiger partial charge in [-0.3, -0.25) is 14.8 Å². The Morgan fingerprint density at radius 2 is 1.41 bits per heavy atom. The van der Waals surface area contributed by atoms with E-state index in [-0.39, 0.29) is 17.1 Å². The molecule has 0 amide bonds. The van der Waals surface area contributed by atoms with E-state index in [4.69, 9.17) is 9.90 Å². The molecule has 0 spiro atoms. The largest absolute Gasteiger partial charge is 1.00 e. The van der Waals surface area contributed by atoms with Gasteiger partial charge in [0, 0.05) is 31.0 Å². The summed E-state index contributed by atoms with van der Waals surface area (Å²) in [6.45, 7) is 3.13. The molecule has 0 atom stereocenters. The molecule has 7 nitrogen and oxygen atoms in total. The minimum Gasteiger partial charge on any atom is -0.481 e. The SMILES string of the molecule is CC(=O)O.Cc1ccc2c(c1)/C(=N/c1ccccn1)[N-]/C2=N/c1ccccn1.[Cu+]. The summed E-state index contributed by atoms with van der Waals surface area (Å²) in [4.78, 5) is 26.6. The average Bonchev–Trinajstić information content (AvgIpc) is 2.99. The van der Waals surface area contributed by atoms with Crippen molar-refractivity contribution in [1.82, 2.24) is 9.97 Å². The van der Waals surface area contributed by atoms with Crippen LogP contribution in [0.25, 0.3) is 5.32 Å². The molecular weight excluding hydrogens is 418 g/mol. The maximum Gasteiger partial charge on any atom is 1.00 e. The molecule has 0 bridgehead atoms. The van der Waals surface area contributed by atoms with Gasteiger partial charge >= 0.3 is 17.1 Å². The number of nitrogens with zero attached hydrogens (tertiary/aromatic N) is 5. The second-order valence-electron chi connectivity index (χ2n) is 5.93. The Balaban J connectivity index is 0.000000552. The van der Waals surface area contributed by atoms with Gasteiger partial charge in [0.25, 0.3) is 5.97 Å². The minimum atomic E-state index is -0.833. The number of hydrogen-bond acceptors (Lipinski definition) is 5. The van der Waals surface area contributed by atoms with E-state index in [1.165, 1.54) is 0 Å². The monoisotopic (exact) mass is 435 g/mol. The minimum absolute atomic E-state index is 0. The van der Waals surface area contributed by atoms with E-state index in [0.717, 1.165) is 23.6 Å². The van der Waals surface area contributed by atoms with Gasteiger partial charge in [-0.2, -0.15) is 0 Å². The molecule has 0 saturated carbocycles. The van der Waals surface area contributed by atoms with Crippen molar-refractivity contribution in [3.8, 4) is 0 Å². The van der Waals surface area contributed by atoms with E-state index in [0.29, 0.717) is 23.3 Å². The Labute approximate surface area is 179 Å². The van der Waals surface area contributed by atoms with Gasteiger partial charge in [0.2, 0.25) is 0 Å². The summed E-state index contributed by atoms with van der Waals surface area (Å²) in [6, 6.07) is 17.4. The number of pyridine rings is 2. The Bertz CT molecular complexity index is 1030. The van der Waals surface area contributed by atoms with E-state index >= 15 is 0 Å². The molecule has 3 aromatic rings. The van der Waals surface area contributed by atoms with Crippen LogP contribution in [0.3, 0.4) is 0 Å². The number of aliphatic imine (C=N–C) groups is 2. The number of rotatable bonds is 2. The number of benzene rings is 1. The number of amidine groups is 2. The van der Waals surface area contributed by atoms with Crippen LogP contribution in [0.5, 0.6) is 0 Å². The zero-order chi connectivity index (χ0) is 19.9. The smallest absolute Gasteiger partial charge is 0.481 e. The number of carboxylic acids is 1. The Morgan fingerprint density at radius 3 is 1.90 bits per heavy atom. The molecule has 1 aliphatic rings. The van der Waals surface area contributed by atoms with Gasteiger partial charge in [0.1, 0.15) is 0 Å².